The minimum absolute atomic E-state index is 0.0332. The number of halogens is 3. The van der Waals surface area contributed by atoms with Crippen LogP contribution in [-0.2, 0) is 16.0 Å². The van der Waals surface area contributed by atoms with Crippen LogP contribution in [-0.4, -0.2) is 54.4 Å². The Morgan fingerprint density at radius 1 is 1.18 bits per heavy atom. The number of likely N-dealkylation sites (N-methyl/N-ethyl adjacent to an activating group) is 1. The monoisotopic (exact) mass is 478 g/mol. The molecule has 5 nitrogen and oxygen atoms in total. The lowest BCUT2D eigenvalue weighted by Crippen LogP contribution is -2.49. The standard InChI is InChI=1S/C25H29ClF2N2O3/c1-3-24(31)29(2)22(14-18-8-9-19(27)15-21(18)28)17-10-12-30(13-11-17)25(32)16-33-23-7-5-4-6-20(23)26/h4-9,15,17,22H,3,10-14,16H2,1-2H3. The Bertz CT molecular complexity index is 980. The number of ether oxygens (including phenoxy) is 1. The number of carbonyl (C=O) groups excluding carboxylic acids is 2. The molecule has 0 N–H and O–H groups in total. The summed E-state index contributed by atoms with van der Waals surface area (Å²) in [6.45, 7) is 2.72. The topological polar surface area (TPSA) is 49.9 Å². The molecular formula is C25H29ClF2N2O3. The zero-order valence-corrected chi connectivity index (χ0v) is 19.7. The molecule has 0 aliphatic carbocycles. The Labute approximate surface area is 198 Å². The Morgan fingerprint density at radius 2 is 1.88 bits per heavy atom. The maximum absolute atomic E-state index is 14.3. The third-order valence-corrected chi connectivity index (χ3v) is 6.57. The summed E-state index contributed by atoms with van der Waals surface area (Å²) in [5, 5.41) is 0.448. The molecule has 2 amide bonds. The van der Waals surface area contributed by atoms with Crippen LogP contribution in [0.3, 0.4) is 0 Å². The van der Waals surface area contributed by atoms with Crippen molar-refractivity contribution in [2.45, 2.75) is 38.6 Å². The molecule has 1 aliphatic heterocycles. The van der Waals surface area contributed by atoms with E-state index in [2.05, 4.69) is 0 Å². The van der Waals surface area contributed by atoms with E-state index in [1.54, 1.807) is 48.0 Å². The number of rotatable bonds is 8. The second kappa shape index (κ2) is 11.5. The Morgan fingerprint density at radius 3 is 2.52 bits per heavy atom. The summed E-state index contributed by atoms with van der Waals surface area (Å²) in [6, 6.07) is 10.3. The molecule has 3 rings (SSSR count). The van der Waals surface area contributed by atoms with Gasteiger partial charge in [-0.25, -0.2) is 8.78 Å². The minimum Gasteiger partial charge on any atom is -0.482 e. The third kappa shape index (κ3) is 6.44. The number of hydrogen-bond acceptors (Lipinski definition) is 3. The zero-order valence-electron chi connectivity index (χ0n) is 18.9. The fourth-order valence-electron chi connectivity index (χ4n) is 4.29. The van der Waals surface area contributed by atoms with Gasteiger partial charge < -0.3 is 14.5 Å². The van der Waals surface area contributed by atoms with Crippen molar-refractivity contribution in [3.8, 4) is 5.75 Å². The fraction of sp³-hybridized carbons (Fsp3) is 0.440. The predicted molar refractivity (Wildman–Crippen MR) is 123 cm³/mol. The number of para-hydroxylation sites is 1. The predicted octanol–water partition coefficient (Wildman–Crippen LogP) is 4.72. The molecule has 0 aromatic heterocycles. The van der Waals surface area contributed by atoms with Gasteiger partial charge in [-0.2, -0.15) is 0 Å². The second-order valence-corrected chi connectivity index (χ2v) is 8.71. The molecule has 8 heteroatoms. The highest BCUT2D eigenvalue weighted by Gasteiger charge is 2.33. The summed E-state index contributed by atoms with van der Waals surface area (Å²) < 4.78 is 33.2. The van der Waals surface area contributed by atoms with E-state index in [1.165, 1.54) is 12.1 Å². The van der Waals surface area contributed by atoms with Gasteiger partial charge in [0.15, 0.2) is 6.61 Å². The number of likely N-dealkylation sites (tertiary alicyclic amines) is 1. The van der Waals surface area contributed by atoms with Crippen LogP contribution in [0.4, 0.5) is 8.78 Å². The molecule has 1 heterocycles. The van der Waals surface area contributed by atoms with Crippen LogP contribution in [0.2, 0.25) is 5.02 Å². The zero-order chi connectivity index (χ0) is 24.0. The maximum atomic E-state index is 14.3. The molecule has 0 saturated carbocycles. The second-order valence-electron chi connectivity index (χ2n) is 8.30. The lowest BCUT2D eigenvalue weighted by Gasteiger charge is -2.40. The molecule has 1 fully saturated rings. The average Bonchev–Trinajstić information content (AvgIpc) is 2.82. The van der Waals surface area contributed by atoms with Crippen LogP contribution in [0.15, 0.2) is 42.5 Å². The molecule has 1 saturated heterocycles. The third-order valence-electron chi connectivity index (χ3n) is 6.26. The maximum Gasteiger partial charge on any atom is 0.260 e. The first-order chi connectivity index (χ1) is 15.8. The van der Waals surface area contributed by atoms with Crippen molar-refractivity contribution in [2.75, 3.05) is 26.7 Å². The van der Waals surface area contributed by atoms with Gasteiger partial charge in [-0.1, -0.05) is 36.7 Å². The molecule has 1 unspecified atom stereocenters. The van der Waals surface area contributed by atoms with Crippen LogP contribution in [0.25, 0.3) is 0 Å². The molecule has 0 radical (unpaired) electrons. The Balaban J connectivity index is 1.63. The largest absolute Gasteiger partial charge is 0.482 e. The van der Waals surface area contributed by atoms with Crippen molar-refractivity contribution in [3.05, 3.63) is 64.7 Å². The first-order valence-electron chi connectivity index (χ1n) is 11.1. The number of nitrogens with zero attached hydrogens (tertiary/aromatic N) is 2. The number of amides is 2. The molecular weight excluding hydrogens is 450 g/mol. The molecule has 0 spiro atoms. The number of carbonyl (C=O) groups is 2. The molecule has 1 atom stereocenters. The minimum atomic E-state index is -0.628. The first kappa shape index (κ1) is 25.0. The Hall–Kier alpha value is -2.67. The fourth-order valence-corrected chi connectivity index (χ4v) is 4.48. The van der Waals surface area contributed by atoms with Crippen LogP contribution in [0, 0.1) is 17.6 Å². The normalized spacial score (nSPS) is 15.2. The van der Waals surface area contributed by atoms with E-state index in [0.29, 0.717) is 55.1 Å². The first-order valence-corrected chi connectivity index (χ1v) is 11.5. The summed E-state index contributed by atoms with van der Waals surface area (Å²) in [4.78, 5) is 28.5. The molecule has 2 aromatic rings. The van der Waals surface area contributed by atoms with Crippen molar-refractivity contribution in [1.29, 1.82) is 0 Å². The number of hydrogen-bond donors (Lipinski definition) is 0. The quantitative estimate of drug-likeness (QED) is 0.552. The lowest BCUT2D eigenvalue weighted by atomic mass is 9.84. The molecule has 33 heavy (non-hydrogen) atoms. The van der Waals surface area contributed by atoms with Crippen molar-refractivity contribution >= 4 is 23.4 Å². The van der Waals surface area contributed by atoms with Gasteiger partial charge in [0, 0.05) is 38.7 Å². The smallest absolute Gasteiger partial charge is 0.260 e. The summed E-state index contributed by atoms with van der Waals surface area (Å²) in [7, 11) is 1.73. The van der Waals surface area contributed by atoms with E-state index in [-0.39, 0.29) is 30.4 Å². The van der Waals surface area contributed by atoms with Gasteiger partial charge in [0.1, 0.15) is 17.4 Å². The van der Waals surface area contributed by atoms with Gasteiger partial charge >= 0.3 is 0 Å². The van der Waals surface area contributed by atoms with E-state index >= 15 is 0 Å². The van der Waals surface area contributed by atoms with E-state index in [4.69, 9.17) is 16.3 Å². The summed E-state index contributed by atoms with van der Waals surface area (Å²) in [5.74, 6) is -0.855. The van der Waals surface area contributed by atoms with Crippen LogP contribution >= 0.6 is 11.6 Å². The molecule has 178 valence electrons. The van der Waals surface area contributed by atoms with Gasteiger partial charge in [-0.05, 0) is 48.9 Å². The van der Waals surface area contributed by atoms with Gasteiger partial charge in [-0.15, -0.1) is 0 Å². The van der Waals surface area contributed by atoms with Crippen molar-refractivity contribution < 1.29 is 23.1 Å². The van der Waals surface area contributed by atoms with Gasteiger partial charge in [0.05, 0.1) is 5.02 Å². The molecule has 1 aliphatic rings. The Kier molecular flexibility index (Phi) is 8.67. The van der Waals surface area contributed by atoms with Crippen molar-refractivity contribution in [1.82, 2.24) is 9.80 Å². The summed E-state index contributed by atoms with van der Waals surface area (Å²) in [6.07, 6.45) is 1.98. The van der Waals surface area contributed by atoms with E-state index in [0.717, 1.165) is 6.07 Å². The summed E-state index contributed by atoms with van der Waals surface area (Å²) >= 11 is 6.07. The summed E-state index contributed by atoms with van der Waals surface area (Å²) in [5.41, 5.74) is 0.379. The number of piperidine rings is 1. The van der Waals surface area contributed by atoms with Crippen molar-refractivity contribution in [2.24, 2.45) is 5.92 Å². The highest BCUT2D eigenvalue weighted by atomic mass is 35.5. The SMILES string of the molecule is CCC(=O)N(C)C(Cc1ccc(F)cc1F)C1CCN(C(=O)COc2ccccc2Cl)CC1. The highest BCUT2D eigenvalue weighted by molar-refractivity contribution is 6.32. The van der Waals surface area contributed by atoms with Gasteiger partial charge in [0.2, 0.25) is 5.91 Å². The highest BCUT2D eigenvalue weighted by Crippen LogP contribution is 2.28. The van der Waals surface area contributed by atoms with Crippen LogP contribution in [0.1, 0.15) is 31.7 Å². The molecule has 2 aromatic carbocycles. The number of benzene rings is 2. The molecule has 0 bridgehead atoms. The van der Waals surface area contributed by atoms with Gasteiger partial charge in [-0.3, -0.25) is 9.59 Å². The van der Waals surface area contributed by atoms with Crippen LogP contribution in [0.5, 0.6) is 5.75 Å². The van der Waals surface area contributed by atoms with E-state index < -0.39 is 11.6 Å². The van der Waals surface area contributed by atoms with E-state index in [9.17, 15) is 18.4 Å². The van der Waals surface area contributed by atoms with Crippen molar-refractivity contribution in [3.63, 3.8) is 0 Å². The lowest BCUT2D eigenvalue weighted by molar-refractivity contribution is -0.137. The van der Waals surface area contributed by atoms with Crippen LogP contribution < -0.4 is 4.74 Å². The van der Waals surface area contributed by atoms with E-state index in [1.807, 2.05) is 0 Å². The van der Waals surface area contributed by atoms with Gasteiger partial charge in [0.25, 0.3) is 5.91 Å². The average molecular weight is 479 g/mol.